The highest BCUT2D eigenvalue weighted by Crippen LogP contribution is 2.27. The first-order valence-corrected chi connectivity index (χ1v) is 6.18. The zero-order chi connectivity index (χ0) is 15.6. The molecule has 0 amide bonds. The Labute approximate surface area is 118 Å². The number of anilines is 1. The first-order chi connectivity index (χ1) is 9.77. The zero-order valence-corrected chi connectivity index (χ0v) is 11.3. The van der Waals surface area contributed by atoms with Gasteiger partial charge in [-0.05, 0) is 32.0 Å². The van der Waals surface area contributed by atoms with Crippen LogP contribution in [0.5, 0.6) is 0 Å². The molecule has 21 heavy (non-hydrogen) atoms. The Hall–Kier alpha value is -2.38. The van der Waals surface area contributed by atoms with Gasteiger partial charge in [-0.3, -0.25) is 4.79 Å². The van der Waals surface area contributed by atoms with Crippen molar-refractivity contribution in [2.24, 2.45) is 0 Å². The third-order valence-electron chi connectivity index (χ3n) is 2.49. The number of alkyl halides is 3. The van der Waals surface area contributed by atoms with Crippen molar-refractivity contribution in [3.05, 3.63) is 41.9 Å². The fraction of sp³-hybridized carbons (Fsp3) is 0.308. The van der Waals surface area contributed by atoms with E-state index in [0.717, 1.165) is 12.3 Å². The van der Waals surface area contributed by atoms with E-state index in [1.807, 2.05) is 13.8 Å². The maximum atomic E-state index is 12.5. The highest BCUT2D eigenvalue weighted by Gasteiger charge is 2.34. The van der Waals surface area contributed by atoms with Gasteiger partial charge in [0.25, 0.3) is 5.91 Å². The number of carbonyl (C=O) groups is 1. The average molecular weight is 298 g/mol. The number of pyridine rings is 1. The fourth-order valence-corrected chi connectivity index (χ4v) is 1.64. The second-order valence-corrected chi connectivity index (χ2v) is 4.66. The standard InChI is InChI=1S/C13H13F3N4O/c1-8(2)17-11-5-3-4-9(18-11)12(21)20-7-6-10(19-20)13(14,15)16/h3-8H,1-2H3,(H,17,18). The van der Waals surface area contributed by atoms with Gasteiger partial charge in [-0.1, -0.05) is 6.07 Å². The second-order valence-electron chi connectivity index (χ2n) is 4.66. The predicted octanol–water partition coefficient (Wildman–Crippen LogP) is 2.81. The summed E-state index contributed by atoms with van der Waals surface area (Å²) in [7, 11) is 0. The highest BCUT2D eigenvalue weighted by molar-refractivity contribution is 5.93. The normalized spacial score (nSPS) is 11.7. The Morgan fingerprint density at radius 2 is 2.00 bits per heavy atom. The lowest BCUT2D eigenvalue weighted by atomic mass is 10.3. The summed E-state index contributed by atoms with van der Waals surface area (Å²) in [6.45, 7) is 3.80. The van der Waals surface area contributed by atoms with Crippen LogP contribution in [0.25, 0.3) is 0 Å². The van der Waals surface area contributed by atoms with Gasteiger partial charge in [0.05, 0.1) is 0 Å². The molecule has 0 atom stereocenters. The molecule has 0 saturated heterocycles. The third kappa shape index (κ3) is 3.59. The Morgan fingerprint density at radius 3 is 2.57 bits per heavy atom. The maximum Gasteiger partial charge on any atom is 0.435 e. The Kier molecular flexibility index (Phi) is 3.97. The van der Waals surface area contributed by atoms with Crippen LogP contribution in [0.1, 0.15) is 30.0 Å². The van der Waals surface area contributed by atoms with Gasteiger partial charge >= 0.3 is 6.18 Å². The summed E-state index contributed by atoms with van der Waals surface area (Å²) in [4.78, 5) is 16.1. The van der Waals surface area contributed by atoms with E-state index in [4.69, 9.17) is 0 Å². The molecule has 2 heterocycles. The number of aromatic nitrogens is 3. The maximum absolute atomic E-state index is 12.5. The van der Waals surface area contributed by atoms with E-state index >= 15 is 0 Å². The van der Waals surface area contributed by atoms with E-state index in [0.29, 0.717) is 10.5 Å². The van der Waals surface area contributed by atoms with Crippen molar-refractivity contribution < 1.29 is 18.0 Å². The molecular weight excluding hydrogens is 285 g/mol. The number of rotatable bonds is 3. The quantitative estimate of drug-likeness (QED) is 0.946. The van der Waals surface area contributed by atoms with Gasteiger partial charge in [0.1, 0.15) is 11.5 Å². The Morgan fingerprint density at radius 1 is 1.29 bits per heavy atom. The van der Waals surface area contributed by atoms with Gasteiger partial charge in [-0.25, -0.2) is 9.67 Å². The molecule has 0 spiro atoms. The summed E-state index contributed by atoms with van der Waals surface area (Å²) in [6.07, 6.45) is -3.62. The van der Waals surface area contributed by atoms with Crippen molar-refractivity contribution in [3.8, 4) is 0 Å². The number of hydrogen-bond acceptors (Lipinski definition) is 4. The molecule has 0 fully saturated rings. The molecule has 5 nitrogen and oxygen atoms in total. The molecule has 0 aromatic carbocycles. The lowest BCUT2D eigenvalue weighted by Crippen LogP contribution is -2.18. The molecule has 2 rings (SSSR count). The minimum Gasteiger partial charge on any atom is -0.368 e. The minimum absolute atomic E-state index is 0.0116. The second kappa shape index (κ2) is 5.55. The summed E-state index contributed by atoms with van der Waals surface area (Å²) >= 11 is 0. The van der Waals surface area contributed by atoms with E-state index in [1.165, 1.54) is 6.07 Å². The largest absolute Gasteiger partial charge is 0.435 e. The number of halogens is 3. The summed E-state index contributed by atoms with van der Waals surface area (Å²) in [5, 5.41) is 6.24. The fourth-order valence-electron chi connectivity index (χ4n) is 1.64. The third-order valence-corrected chi connectivity index (χ3v) is 2.49. The molecular formula is C13H13F3N4O. The molecule has 8 heteroatoms. The molecule has 0 saturated carbocycles. The van der Waals surface area contributed by atoms with Crippen molar-refractivity contribution in [3.63, 3.8) is 0 Å². The molecule has 0 radical (unpaired) electrons. The van der Waals surface area contributed by atoms with Crippen LogP contribution in [0, 0.1) is 0 Å². The molecule has 1 N–H and O–H groups in total. The van der Waals surface area contributed by atoms with E-state index in [9.17, 15) is 18.0 Å². The topological polar surface area (TPSA) is 59.8 Å². The number of nitrogens with one attached hydrogen (secondary N) is 1. The van der Waals surface area contributed by atoms with Crippen LogP contribution in [-0.4, -0.2) is 26.7 Å². The van der Waals surface area contributed by atoms with Crippen molar-refractivity contribution in [2.45, 2.75) is 26.1 Å². The minimum atomic E-state index is -4.58. The van der Waals surface area contributed by atoms with Crippen LogP contribution in [0.3, 0.4) is 0 Å². The van der Waals surface area contributed by atoms with Crippen molar-refractivity contribution in [1.29, 1.82) is 0 Å². The number of hydrogen-bond donors (Lipinski definition) is 1. The van der Waals surface area contributed by atoms with Gasteiger partial charge in [-0.15, -0.1) is 0 Å². The molecule has 0 unspecified atom stereocenters. The Bertz CT molecular complexity index is 649. The highest BCUT2D eigenvalue weighted by atomic mass is 19.4. The summed E-state index contributed by atoms with van der Waals surface area (Å²) in [6, 6.07) is 5.54. The van der Waals surface area contributed by atoms with Crippen LogP contribution in [0.15, 0.2) is 30.5 Å². The molecule has 2 aromatic rings. The monoisotopic (exact) mass is 298 g/mol. The van der Waals surface area contributed by atoms with Crippen LogP contribution in [0.2, 0.25) is 0 Å². The molecule has 112 valence electrons. The molecule has 0 bridgehead atoms. The van der Waals surface area contributed by atoms with Crippen molar-refractivity contribution >= 4 is 11.7 Å². The predicted molar refractivity (Wildman–Crippen MR) is 70.0 cm³/mol. The SMILES string of the molecule is CC(C)Nc1cccc(C(=O)n2ccc(C(F)(F)F)n2)n1. The summed E-state index contributed by atoms with van der Waals surface area (Å²) in [5.41, 5.74) is -1.11. The average Bonchev–Trinajstić information content (AvgIpc) is 2.86. The zero-order valence-electron chi connectivity index (χ0n) is 11.3. The van der Waals surface area contributed by atoms with Gasteiger partial charge < -0.3 is 5.32 Å². The number of carbonyl (C=O) groups excluding carboxylic acids is 1. The van der Waals surface area contributed by atoms with Gasteiger partial charge in [0, 0.05) is 12.2 Å². The van der Waals surface area contributed by atoms with Crippen LogP contribution < -0.4 is 5.32 Å². The van der Waals surface area contributed by atoms with Gasteiger partial charge in [-0.2, -0.15) is 18.3 Å². The molecule has 0 aliphatic heterocycles. The van der Waals surface area contributed by atoms with Crippen LogP contribution in [0.4, 0.5) is 19.0 Å². The molecule has 0 aliphatic carbocycles. The number of nitrogens with zero attached hydrogens (tertiary/aromatic N) is 3. The van der Waals surface area contributed by atoms with Crippen LogP contribution >= 0.6 is 0 Å². The summed E-state index contributed by atoms with van der Waals surface area (Å²) in [5.74, 6) is -0.253. The first kappa shape index (κ1) is 15.0. The van der Waals surface area contributed by atoms with E-state index in [1.54, 1.807) is 12.1 Å². The summed E-state index contributed by atoms with van der Waals surface area (Å²) < 4.78 is 38.0. The van der Waals surface area contributed by atoms with Crippen molar-refractivity contribution in [2.75, 3.05) is 5.32 Å². The van der Waals surface area contributed by atoms with E-state index in [2.05, 4.69) is 15.4 Å². The van der Waals surface area contributed by atoms with Gasteiger partial charge in [0.15, 0.2) is 5.69 Å². The Balaban J connectivity index is 2.26. The lowest BCUT2D eigenvalue weighted by molar-refractivity contribution is -0.141. The van der Waals surface area contributed by atoms with Crippen LogP contribution in [-0.2, 0) is 6.18 Å². The van der Waals surface area contributed by atoms with Crippen molar-refractivity contribution in [1.82, 2.24) is 14.8 Å². The van der Waals surface area contributed by atoms with E-state index < -0.39 is 17.8 Å². The molecule has 0 aliphatic rings. The smallest absolute Gasteiger partial charge is 0.368 e. The van der Waals surface area contributed by atoms with E-state index in [-0.39, 0.29) is 11.7 Å². The van der Waals surface area contributed by atoms with Gasteiger partial charge in [0.2, 0.25) is 0 Å². The first-order valence-electron chi connectivity index (χ1n) is 6.18. The lowest BCUT2D eigenvalue weighted by Gasteiger charge is -2.09. The molecule has 2 aromatic heterocycles.